The fraction of sp³-hybridized carbons (Fsp3) is 0.235. The zero-order chi connectivity index (χ0) is 15.9. The van der Waals surface area contributed by atoms with Crippen molar-refractivity contribution in [2.75, 3.05) is 0 Å². The topological polar surface area (TPSA) is 78.8 Å². The van der Waals surface area contributed by atoms with E-state index >= 15 is 0 Å². The molecule has 2 rings (SSSR count). The first-order chi connectivity index (χ1) is 10.6. The SMILES string of the molecule is C/C(CCC(=O)O)=N\NC(=O)Cc1cccc2ccccc12. The van der Waals surface area contributed by atoms with Gasteiger partial charge < -0.3 is 5.11 Å². The summed E-state index contributed by atoms with van der Waals surface area (Å²) in [7, 11) is 0. The number of hydrazone groups is 1. The van der Waals surface area contributed by atoms with E-state index in [1.54, 1.807) is 6.92 Å². The Hall–Kier alpha value is -2.69. The summed E-state index contributed by atoms with van der Waals surface area (Å²) in [5, 5.41) is 14.7. The van der Waals surface area contributed by atoms with Crippen LogP contribution >= 0.6 is 0 Å². The Balaban J connectivity index is 1.99. The van der Waals surface area contributed by atoms with Gasteiger partial charge in [0.1, 0.15) is 0 Å². The van der Waals surface area contributed by atoms with E-state index in [0.29, 0.717) is 12.1 Å². The van der Waals surface area contributed by atoms with Gasteiger partial charge in [0.2, 0.25) is 5.91 Å². The van der Waals surface area contributed by atoms with Crippen LogP contribution in [0.4, 0.5) is 0 Å². The zero-order valence-electron chi connectivity index (χ0n) is 12.4. The fourth-order valence-electron chi connectivity index (χ4n) is 2.16. The van der Waals surface area contributed by atoms with Crippen molar-refractivity contribution in [3.05, 3.63) is 48.0 Å². The number of carbonyl (C=O) groups excluding carboxylic acids is 1. The lowest BCUT2D eigenvalue weighted by atomic mass is 10.0. The van der Waals surface area contributed by atoms with Gasteiger partial charge >= 0.3 is 5.97 Å². The fourth-order valence-corrected chi connectivity index (χ4v) is 2.16. The molecule has 0 aliphatic heterocycles. The van der Waals surface area contributed by atoms with Crippen molar-refractivity contribution in [1.82, 2.24) is 5.43 Å². The maximum absolute atomic E-state index is 12.0. The summed E-state index contributed by atoms with van der Waals surface area (Å²) < 4.78 is 0. The van der Waals surface area contributed by atoms with E-state index in [2.05, 4.69) is 10.5 Å². The van der Waals surface area contributed by atoms with Crippen LogP contribution in [0.25, 0.3) is 10.8 Å². The monoisotopic (exact) mass is 298 g/mol. The van der Waals surface area contributed by atoms with Gasteiger partial charge in [0, 0.05) is 5.71 Å². The Morgan fingerprint density at radius 3 is 2.59 bits per heavy atom. The van der Waals surface area contributed by atoms with E-state index in [4.69, 9.17) is 5.11 Å². The third-order valence-corrected chi connectivity index (χ3v) is 3.30. The number of carbonyl (C=O) groups is 2. The molecule has 0 spiro atoms. The number of nitrogens with one attached hydrogen (secondary N) is 1. The number of nitrogens with zero attached hydrogens (tertiary/aromatic N) is 1. The third kappa shape index (κ3) is 4.41. The highest BCUT2D eigenvalue weighted by atomic mass is 16.4. The van der Waals surface area contributed by atoms with Crippen molar-refractivity contribution < 1.29 is 14.7 Å². The van der Waals surface area contributed by atoms with Gasteiger partial charge in [-0.3, -0.25) is 9.59 Å². The summed E-state index contributed by atoms with van der Waals surface area (Å²) in [6.45, 7) is 1.70. The Bertz CT molecular complexity index is 717. The van der Waals surface area contributed by atoms with Crippen LogP contribution < -0.4 is 5.43 Å². The van der Waals surface area contributed by atoms with Gasteiger partial charge in [-0.25, -0.2) is 5.43 Å². The molecule has 0 atom stereocenters. The lowest BCUT2D eigenvalue weighted by Gasteiger charge is -2.06. The van der Waals surface area contributed by atoms with Gasteiger partial charge in [-0.1, -0.05) is 42.5 Å². The zero-order valence-corrected chi connectivity index (χ0v) is 12.4. The lowest BCUT2D eigenvalue weighted by Crippen LogP contribution is -2.21. The molecule has 114 valence electrons. The van der Waals surface area contributed by atoms with Crippen LogP contribution in [0, 0.1) is 0 Å². The largest absolute Gasteiger partial charge is 0.481 e. The molecule has 0 radical (unpaired) electrons. The molecule has 0 aliphatic carbocycles. The van der Waals surface area contributed by atoms with E-state index in [9.17, 15) is 9.59 Å². The van der Waals surface area contributed by atoms with Crippen molar-refractivity contribution in [3.63, 3.8) is 0 Å². The summed E-state index contributed by atoms with van der Waals surface area (Å²) in [6, 6.07) is 13.7. The Labute approximate surface area is 128 Å². The average molecular weight is 298 g/mol. The summed E-state index contributed by atoms with van der Waals surface area (Å²) in [5.74, 6) is -1.09. The number of amides is 1. The first kappa shape index (κ1) is 15.7. The van der Waals surface area contributed by atoms with E-state index in [1.165, 1.54) is 0 Å². The Kier molecular flexibility index (Phi) is 5.25. The summed E-state index contributed by atoms with van der Waals surface area (Å²) in [6.07, 6.45) is 0.565. The highest BCUT2D eigenvalue weighted by Crippen LogP contribution is 2.18. The number of hydrogen-bond donors (Lipinski definition) is 2. The number of carboxylic acids is 1. The molecule has 5 heteroatoms. The summed E-state index contributed by atoms with van der Waals surface area (Å²) >= 11 is 0. The minimum Gasteiger partial charge on any atom is -0.481 e. The number of rotatable bonds is 6. The molecule has 22 heavy (non-hydrogen) atoms. The number of aliphatic carboxylic acids is 1. The maximum Gasteiger partial charge on any atom is 0.303 e. The summed E-state index contributed by atoms with van der Waals surface area (Å²) in [4.78, 5) is 22.4. The smallest absolute Gasteiger partial charge is 0.303 e. The molecular formula is C17H18N2O3. The Morgan fingerprint density at radius 2 is 1.82 bits per heavy atom. The van der Waals surface area contributed by atoms with Crippen LogP contribution in [-0.2, 0) is 16.0 Å². The molecule has 0 aromatic heterocycles. The quantitative estimate of drug-likeness (QED) is 0.635. The molecule has 0 heterocycles. The van der Waals surface area contributed by atoms with E-state index in [1.807, 2.05) is 42.5 Å². The minimum atomic E-state index is -0.878. The van der Waals surface area contributed by atoms with Gasteiger partial charge in [0.05, 0.1) is 12.8 Å². The second kappa shape index (κ2) is 7.36. The molecule has 1 amide bonds. The van der Waals surface area contributed by atoms with Crippen molar-refractivity contribution in [3.8, 4) is 0 Å². The van der Waals surface area contributed by atoms with Gasteiger partial charge in [0.15, 0.2) is 0 Å². The number of carboxylic acid groups (broad SMARTS) is 1. The first-order valence-electron chi connectivity index (χ1n) is 7.06. The second-order valence-corrected chi connectivity index (χ2v) is 5.09. The van der Waals surface area contributed by atoms with Crippen LogP contribution in [0.15, 0.2) is 47.6 Å². The predicted octanol–water partition coefficient (Wildman–Crippen LogP) is 2.74. The molecule has 5 nitrogen and oxygen atoms in total. The van der Waals surface area contributed by atoms with Crippen LogP contribution in [0.1, 0.15) is 25.3 Å². The van der Waals surface area contributed by atoms with E-state index in [-0.39, 0.29) is 18.7 Å². The number of hydrogen-bond acceptors (Lipinski definition) is 3. The highest BCUT2D eigenvalue weighted by Gasteiger charge is 2.06. The van der Waals surface area contributed by atoms with Gasteiger partial charge in [-0.05, 0) is 29.7 Å². The normalized spacial score (nSPS) is 11.4. The van der Waals surface area contributed by atoms with Crippen molar-refractivity contribution in [2.45, 2.75) is 26.2 Å². The maximum atomic E-state index is 12.0. The van der Waals surface area contributed by atoms with Crippen LogP contribution in [0.3, 0.4) is 0 Å². The molecule has 0 saturated carbocycles. The number of benzene rings is 2. The van der Waals surface area contributed by atoms with Gasteiger partial charge in [-0.15, -0.1) is 0 Å². The molecule has 2 N–H and O–H groups in total. The molecular weight excluding hydrogens is 280 g/mol. The van der Waals surface area contributed by atoms with Crippen LogP contribution in [-0.4, -0.2) is 22.7 Å². The first-order valence-corrected chi connectivity index (χ1v) is 7.06. The molecule has 2 aromatic carbocycles. The van der Waals surface area contributed by atoms with Crippen molar-refractivity contribution in [1.29, 1.82) is 0 Å². The molecule has 0 fully saturated rings. The van der Waals surface area contributed by atoms with Gasteiger partial charge in [-0.2, -0.15) is 5.10 Å². The second-order valence-electron chi connectivity index (χ2n) is 5.09. The molecule has 0 aliphatic rings. The van der Waals surface area contributed by atoms with Crippen molar-refractivity contribution >= 4 is 28.4 Å². The van der Waals surface area contributed by atoms with Crippen molar-refractivity contribution in [2.24, 2.45) is 5.10 Å². The third-order valence-electron chi connectivity index (χ3n) is 3.30. The Morgan fingerprint density at radius 1 is 1.09 bits per heavy atom. The molecule has 0 bridgehead atoms. The molecule has 0 saturated heterocycles. The summed E-state index contributed by atoms with van der Waals surface area (Å²) in [5.41, 5.74) is 4.01. The average Bonchev–Trinajstić information content (AvgIpc) is 2.51. The van der Waals surface area contributed by atoms with E-state index < -0.39 is 5.97 Å². The highest BCUT2D eigenvalue weighted by molar-refractivity contribution is 5.91. The molecule has 0 unspecified atom stereocenters. The van der Waals surface area contributed by atoms with E-state index in [0.717, 1.165) is 16.3 Å². The standard InChI is InChI=1S/C17H18N2O3/c1-12(9-10-17(21)22)18-19-16(20)11-14-7-4-6-13-5-2-3-8-15(13)14/h2-8H,9-11H2,1H3,(H,19,20)(H,21,22)/b18-12+. The van der Waals surface area contributed by atoms with Crippen LogP contribution in [0.2, 0.25) is 0 Å². The number of fused-ring (bicyclic) bond motifs is 1. The molecule has 2 aromatic rings. The lowest BCUT2D eigenvalue weighted by molar-refractivity contribution is -0.136. The van der Waals surface area contributed by atoms with Gasteiger partial charge in [0.25, 0.3) is 0 Å². The minimum absolute atomic E-state index is 0.00846. The van der Waals surface area contributed by atoms with Crippen LogP contribution in [0.5, 0.6) is 0 Å². The predicted molar refractivity (Wildman–Crippen MR) is 85.8 cm³/mol.